The first-order valence-corrected chi connectivity index (χ1v) is 12.0. The monoisotopic (exact) mass is 539 g/mol. The lowest BCUT2D eigenvalue weighted by atomic mass is 10.1. The first-order valence-electron chi connectivity index (χ1n) is 11.6. The van der Waals surface area contributed by atoms with E-state index in [9.17, 15) is 18.8 Å². The Kier molecular flexibility index (Phi) is 8.17. The standard InChI is InChI=1S/C26H23ClFN5O5/c27-16-4-8-22(30-13-16)32-26(37)19-12-17(38-14-23(34)35)5-7-21(19)31-25(36)18-6-3-15(11-20(18)28)24(29)33-9-1-2-10-33/h3-8,11-13,29H,1-2,9-10,14H2,(H,31,36)(H,34,35)(H,30,32,37). The van der Waals surface area contributed by atoms with Crippen molar-refractivity contribution in [2.24, 2.45) is 0 Å². The molecule has 38 heavy (non-hydrogen) atoms. The van der Waals surface area contributed by atoms with Gasteiger partial charge in [-0.1, -0.05) is 17.7 Å². The van der Waals surface area contributed by atoms with Gasteiger partial charge in [-0.25, -0.2) is 14.2 Å². The van der Waals surface area contributed by atoms with Crippen molar-refractivity contribution in [1.29, 1.82) is 5.41 Å². The number of hydrogen-bond acceptors (Lipinski definition) is 6. The molecule has 196 valence electrons. The Morgan fingerprint density at radius 2 is 1.76 bits per heavy atom. The molecule has 10 nitrogen and oxygen atoms in total. The molecule has 3 aromatic rings. The van der Waals surface area contributed by atoms with Crippen LogP contribution in [0.5, 0.6) is 5.75 Å². The number of anilines is 2. The lowest BCUT2D eigenvalue weighted by Crippen LogP contribution is -2.28. The van der Waals surface area contributed by atoms with Gasteiger partial charge in [0.2, 0.25) is 0 Å². The smallest absolute Gasteiger partial charge is 0.341 e. The van der Waals surface area contributed by atoms with Crippen LogP contribution in [-0.4, -0.2) is 58.3 Å². The van der Waals surface area contributed by atoms with Crippen LogP contribution in [0.3, 0.4) is 0 Å². The number of carboxylic acids is 1. The summed E-state index contributed by atoms with van der Waals surface area (Å²) in [6.45, 7) is 0.811. The number of benzene rings is 2. The maximum Gasteiger partial charge on any atom is 0.341 e. The molecule has 0 radical (unpaired) electrons. The largest absolute Gasteiger partial charge is 0.482 e. The number of carbonyl (C=O) groups excluding carboxylic acids is 2. The number of carboxylic acid groups (broad SMARTS) is 1. The first kappa shape index (κ1) is 26.6. The Morgan fingerprint density at radius 1 is 1.03 bits per heavy atom. The molecule has 4 rings (SSSR count). The average Bonchev–Trinajstić information content (AvgIpc) is 3.44. The number of likely N-dealkylation sites (tertiary alicyclic amines) is 1. The molecule has 0 unspecified atom stereocenters. The molecule has 1 aromatic heterocycles. The lowest BCUT2D eigenvalue weighted by molar-refractivity contribution is -0.139. The third-order valence-corrected chi connectivity index (χ3v) is 5.95. The predicted molar refractivity (Wildman–Crippen MR) is 139 cm³/mol. The number of ether oxygens (including phenoxy) is 1. The van der Waals surface area contributed by atoms with Gasteiger partial charge >= 0.3 is 5.97 Å². The minimum absolute atomic E-state index is 0.0254. The highest BCUT2D eigenvalue weighted by Crippen LogP contribution is 2.25. The van der Waals surface area contributed by atoms with Crippen molar-refractivity contribution in [2.75, 3.05) is 30.3 Å². The molecule has 2 heterocycles. The Hall–Kier alpha value is -4.51. The Morgan fingerprint density at radius 3 is 2.42 bits per heavy atom. The summed E-state index contributed by atoms with van der Waals surface area (Å²) in [4.78, 5) is 42.7. The lowest BCUT2D eigenvalue weighted by Gasteiger charge is -2.19. The number of carbonyl (C=O) groups is 3. The summed E-state index contributed by atoms with van der Waals surface area (Å²) in [6.07, 6.45) is 3.27. The molecule has 0 saturated carbocycles. The molecule has 0 spiro atoms. The summed E-state index contributed by atoms with van der Waals surface area (Å²) in [5.41, 5.74) is 0.0274. The van der Waals surface area contributed by atoms with E-state index in [4.69, 9.17) is 26.9 Å². The van der Waals surface area contributed by atoms with Gasteiger partial charge in [0.1, 0.15) is 23.2 Å². The number of halogens is 2. The van der Waals surface area contributed by atoms with E-state index in [2.05, 4.69) is 15.6 Å². The van der Waals surface area contributed by atoms with Crippen molar-refractivity contribution in [3.8, 4) is 5.75 Å². The normalized spacial score (nSPS) is 12.6. The van der Waals surface area contributed by atoms with Crippen molar-refractivity contribution in [1.82, 2.24) is 9.88 Å². The molecular weight excluding hydrogens is 517 g/mol. The molecule has 4 N–H and O–H groups in total. The number of hydrogen-bond donors (Lipinski definition) is 4. The summed E-state index contributed by atoms with van der Waals surface area (Å²) in [5, 5.41) is 22.6. The number of rotatable bonds is 8. The van der Waals surface area contributed by atoms with E-state index in [-0.39, 0.29) is 34.2 Å². The molecule has 0 bridgehead atoms. The summed E-state index contributed by atoms with van der Waals surface area (Å²) < 4.78 is 20.1. The van der Waals surface area contributed by atoms with Crippen molar-refractivity contribution < 1.29 is 28.6 Å². The van der Waals surface area contributed by atoms with E-state index in [1.165, 1.54) is 48.7 Å². The Labute approximate surface area is 221 Å². The Balaban J connectivity index is 1.57. The van der Waals surface area contributed by atoms with Gasteiger partial charge < -0.3 is 25.4 Å². The third-order valence-electron chi connectivity index (χ3n) is 5.72. The number of nitrogens with one attached hydrogen (secondary N) is 3. The van der Waals surface area contributed by atoms with Crippen molar-refractivity contribution in [2.45, 2.75) is 12.8 Å². The van der Waals surface area contributed by atoms with Gasteiger partial charge in [0.05, 0.1) is 21.8 Å². The van der Waals surface area contributed by atoms with Crippen LogP contribution >= 0.6 is 11.6 Å². The van der Waals surface area contributed by atoms with Gasteiger partial charge in [-0.3, -0.25) is 15.0 Å². The molecule has 0 aliphatic carbocycles. The molecule has 1 aliphatic heterocycles. The van der Waals surface area contributed by atoms with E-state index >= 15 is 0 Å². The molecular formula is C26H23ClFN5O5. The maximum atomic E-state index is 14.9. The molecule has 1 fully saturated rings. The minimum atomic E-state index is -1.21. The van der Waals surface area contributed by atoms with Gasteiger partial charge in [-0.15, -0.1) is 0 Å². The number of amidine groups is 1. The zero-order chi connectivity index (χ0) is 27.2. The van der Waals surface area contributed by atoms with Crippen LogP contribution in [0, 0.1) is 11.2 Å². The van der Waals surface area contributed by atoms with E-state index in [1.54, 1.807) is 0 Å². The number of aromatic nitrogens is 1. The van der Waals surface area contributed by atoms with E-state index < -0.39 is 30.2 Å². The minimum Gasteiger partial charge on any atom is -0.482 e. The predicted octanol–water partition coefficient (Wildman–Crippen LogP) is 4.26. The fourth-order valence-electron chi connectivity index (χ4n) is 3.85. The summed E-state index contributed by atoms with van der Waals surface area (Å²) >= 11 is 5.83. The van der Waals surface area contributed by atoms with E-state index in [1.807, 2.05) is 4.90 Å². The van der Waals surface area contributed by atoms with E-state index in [0.29, 0.717) is 10.6 Å². The van der Waals surface area contributed by atoms with Crippen molar-refractivity contribution >= 4 is 46.7 Å². The van der Waals surface area contributed by atoms with Crippen LogP contribution in [0.15, 0.2) is 54.7 Å². The quantitative estimate of drug-likeness (QED) is 0.247. The molecule has 2 aromatic carbocycles. The molecule has 1 saturated heterocycles. The summed E-state index contributed by atoms with van der Waals surface area (Å²) in [7, 11) is 0. The van der Waals surface area contributed by atoms with Crippen LogP contribution in [0.25, 0.3) is 0 Å². The SMILES string of the molecule is N=C(c1ccc(C(=O)Nc2ccc(OCC(=O)O)cc2C(=O)Nc2ccc(Cl)cn2)c(F)c1)N1CCCC1. The highest BCUT2D eigenvalue weighted by molar-refractivity contribution is 6.30. The van der Waals surface area contributed by atoms with E-state index in [0.717, 1.165) is 32.0 Å². The van der Waals surface area contributed by atoms with Gasteiger partial charge in [0.25, 0.3) is 11.8 Å². The van der Waals surface area contributed by atoms with Crippen LogP contribution in [0.2, 0.25) is 5.02 Å². The number of amides is 2. The van der Waals surface area contributed by atoms with Crippen LogP contribution in [0.4, 0.5) is 15.9 Å². The molecule has 2 amide bonds. The van der Waals surface area contributed by atoms with Gasteiger partial charge in [-0.05, 0) is 55.3 Å². The van der Waals surface area contributed by atoms with Crippen molar-refractivity contribution in [3.63, 3.8) is 0 Å². The van der Waals surface area contributed by atoms with Crippen LogP contribution in [0.1, 0.15) is 39.1 Å². The van der Waals surface area contributed by atoms with Gasteiger partial charge in [0.15, 0.2) is 6.61 Å². The highest BCUT2D eigenvalue weighted by Gasteiger charge is 2.21. The second kappa shape index (κ2) is 11.7. The second-order valence-electron chi connectivity index (χ2n) is 8.40. The fraction of sp³-hybridized carbons (Fsp3) is 0.192. The summed E-state index contributed by atoms with van der Waals surface area (Å²) in [5.74, 6) is -3.10. The average molecular weight is 540 g/mol. The zero-order valence-corrected chi connectivity index (χ0v) is 20.7. The molecule has 0 atom stereocenters. The number of aliphatic carboxylic acids is 1. The Bertz CT molecular complexity index is 1390. The van der Waals surface area contributed by atoms with Gasteiger partial charge in [0, 0.05) is 24.8 Å². The molecule has 1 aliphatic rings. The van der Waals surface area contributed by atoms with Crippen LogP contribution in [-0.2, 0) is 4.79 Å². The fourth-order valence-corrected chi connectivity index (χ4v) is 3.96. The van der Waals surface area contributed by atoms with Crippen molar-refractivity contribution in [3.05, 3.63) is 82.3 Å². The number of nitrogens with zero attached hydrogens (tertiary/aromatic N) is 2. The van der Waals surface area contributed by atoms with Gasteiger partial charge in [-0.2, -0.15) is 0 Å². The third kappa shape index (κ3) is 6.43. The first-order chi connectivity index (χ1) is 18.2. The topological polar surface area (TPSA) is 145 Å². The maximum absolute atomic E-state index is 14.9. The zero-order valence-electron chi connectivity index (χ0n) is 20.0. The number of pyridine rings is 1. The van der Waals surface area contributed by atoms with Crippen LogP contribution < -0.4 is 15.4 Å². The summed E-state index contributed by atoms with van der Waals surface area (Å²) in [6, 6.07) is 10.9. The highest BCUT2D eigenvalue weighted by atomic mass is 35.5. The second-order valence-corrected chi connectivity index (χ2v) is 8.83. The molecule has 12 heteroatoms.